The summed E-state index contributed by atoms with van der Waals surface area (Å²) >= 11 is 0. The van der Waals surface area contributed by atoms with E-state index in [0.717, 1.165) is 0 Å². The third-order valence-electron chi connectivity index (χ3n) is 2.40. The van der Waals surface area contributed by atoms with Gasteiger partial charge >= 0.3 is 12.0 Å². The second kappa shape index (κ2) is 6.58. The molecule has 0 unspecified atom stereocenters. The van der Waals surface area contributed by atoms with Crippen molar-refractivity contribution in [3.63, 3.8) is 0 Å². The summed E-state index contributed by atoms with van der Waals surface area (Å²) in [4.78, 5) is 23.1. The Morgan fingerprint density at radius 2 is 2.06 bits per heavy atom. The maximum absolute atomic E-state index is 13.3. The van der Waals surface area contributed by atoms with E-state index in [4.69, 9.17) is 5.11 Å². The van der Waals surface area contributed by atoms with E-state index in [-0.39, 0.29) is 25.3 Å². The maximum atomic E-state index is 13.3. The highest BCUT2D eigenvalue weighted by molar-refractivity contribution is 5.75. The number of hydrogen-bond acceptors (Lipinski definition) is 2. The van der Waals surface area contributed by atoms with Crippen molar-refractivity contribution < 1.29 is 19.1 Å². The van der Waals surface area contributed by atoms with Gasteiger partial charge in [0.1, 0.15) is 5.82 Å². The van der Waals surface area contributed by atoms with Crippen molar-refractivity contribution in [2.45, 2.75) is 13.0 Å². The number of carboxylic acids is 1. The van der Waals surface area contributed by atoms with Gasteiger partial charge in [-0.25, -0.2) is 9.18 Å². The van der Waals surface area contributed by atoms with Crippen LogP contribution >= 0.6 is 0 Å². The minimum Gasteiger partial charge on any atom is -0.481 e. The first-order valence-corrected chi connectivity index (χ1v) is 5.45. The fraction of sp³-hybridized carbons (Fsp3) is 0.333. The third kappa shape index (κ3) is 4.40. The van der Waals surface area contributed by atoms with Crippen LogP contribution in [0.1, 0.15) is 12.0 Å². The lowest BCUT2D eigenvalue weighted by atomic mass is 10.2. The molecule has 0 heterocycles. The van der Waals surface area contributed by atoms with Gasteiger partial charge in [0.25, 0.3) is 0 Å². The van der Waals surface area contributed by atoms with Crippen molar-refractivity contribution in [2.75, 3.05) is 13.6 Å². The van der Waals surface area contributed by atoms with E-state index in [1.807, 2.05) is 0 Å². The molecule has 0 atom stereocenters. The Kier molecular flexibility index (Phi) is 5.10. The number of hydrogen-bond donors (Lipinski definition) is 2. The van der Waals surface area contributed by atoms with Gasteiger partial charge in [-0.15, -0.1) is 0 Å². The van der Waals surface area contributed by atoms with Crippen molar-refractivity contribution in [3.8, 4) is 0 Å². The number of urea groups is 1. The number of carboxylic acid groups (broad SMARTS) is 1. The number of benzene rings is 1. The largest absolute Gasteiger partial charge is 0.481 e. The number of halogens is 1. The number of carbonyl (C=O) groups excluding carboxylic acids is 1. The van der Waals surface area contributed by atoms with Gasteiger partial charge in [-0.1, -0.05) is 18.2 Å². The molecular formula is C12H15FN2O3. The summed E-state index contributed by atoms with van der Waals surface area (Å²) < 4.78 is 13.3. The molecule has 0 fully saturated rings. The van der Waals surface area contributed by atoms with Crippen molar-refractivity contribution in [1.82, 2.24) is 10.2 Å². The summed E-state index contributed by atoms with van der Waals surface area (Å²) in [7, 11) is 1.49. The summed E-state index contributed by atoms with van der Waals surface area (Å²) in [5.74, 6) is -1.35. The molecule has 0 radical (unpaired) electrons. The van der Waals surface area contributed by atoms with Crippen LogP contribution in [0.2, 0.25) is 0 Å². The highest BCUT2D eigenvalue weighted by Crippen LogP contribution is 2.05. The lowest BCUT2D eigenvalue weighted by Crippen LogP contribution is -2.38. The third-order valence-corrected chi connectivity index (χ3v) is 2.40. The van der Waals surface area contributed by atoms with E-state index in [1.165, 1.54) is 18.0 Å². The molecule has 1 aromatic rings. The molecule has 18 heavy (non-hydrogen) atoms. The molecule has 0 bridgehead atoms. The maximum Gasteiger partial charge on any atom is 0.317 e. The number of nitrogens with one attached hydrogen (secondary N) is 1. The Hall–Kier alpha value is -2.11. The van der Waals surface area contributed by atoms with Crippen LogP contribution in [0.3, 0.4) is 0 Å². The van der Waals surface area contributed by atoms with Crippen LogP contribution < -0.4 is 5.32 Å². The number of aliphatic carboxylic acids is 1. The summed E-state index contributed by atoms with van der Waals surface area (Å²) in [6.07, 6.45) is -0.121. The second-order valence-corrected chi connectivity index (χ2v) is 3.82. The highest BCUT2D eigenvalue weighted by Gasteiger charge is 2.10. The predicted molar refractivity (Wildman–Crippen MR) is 63.5 cm³/mol. The average molecular weight is 254 g/mol. The van der Waals surface area contributed by atoms with Crippen LogP contribution in [-0.4, -0.2) is 35.6 Å². The van der Waals surface area contributed by atoms with Crippen LogP contribution in [0.4, 0.5) is 9.18 Å². The molecule has 2 amide bonds. The van der Waals surface area contributed by atoms with Crippen LogP contribution in [0, 0.1) is 5.82 Å². The van der Waals surface area contributed by atoms with E-state index >= 15 is 0 Å². The summed E-state index contributed by atoms with van der Waals surface area (Å²) in [6, 6.07) is 5.71. The lowest BCUT2D eigenvalue weighted by Gasteiger charge is -2.17. The molecule has 0 aliphatic rings. The fourth-order valence-corrected chi connectivity index (χ4v) is 1.31. The van der Waals surface area contributed by atoms with Gasteiger partial charge in [0.2, 0.25) is 0 Å². The van der Waals surface area contributed by atoms with E-state index in [9.17, 15) is 14.0 Å². The Balaban J connectivity index is 2.41. The fourth-order valence-electron chi connectivity index (χ4n) is 1.31. The van der Waals surface area contributed by atoms with Crippen LogP contribution in [-0.2, 0) is 11.3 Å². The first-order valence-electron chi connectivity index (χ1n) is 5.45. The highest BCUT2D eigenvalue weighted by atomic mass is 19.1. The van der Waals surface area contributed by atoms with E-state index in [2.05, 4.69) is 5.32 Å². The molecule has 0 spiro atoms. The molecule has 1 rings (SSSR count). The Morgan fingerprint density at radius 1 is 1.39 bits per heavy atom. The van der Waals surface area contributed by atoms with Gasteiger partial charge < -0.3 is 15.3 Å². The zero-order valence-corrected chi connectivity index (χ0v) is 10.0. The molecule has 6 heteroatoms. The van der Waals surface area contributed by atoms with Crippen LogP contribution in [0.5, 0.6) is 0 Å². The first kappa shape index (κ1) is 14.0. The number of rotatable bonds is 5. The summed E-state index contributed by atoms with van der Waals surface area (Å²) in [5.41, 5.74) is 0.387. The van der Waals surface area contributed by atoms with Crippen molar-refractivity contribution >= 4 is 12.0 Å². The zero-order valence-electron chi connectivity index (χ0n) is 10.0. The molecule has 5 nitrogen and oxygen atoms in total. The zero-order chi connectivity index (χ0) is 13.5. The van der Waals surface area contributed by atoms with Gasteiger partial charge in [0.15, 0.2) is 0 Å². The Labute approximate surface area is 104 Å². The van der Waals surface area contributed by atoms with Gasteiger partial charge in [-0.2, -0.15) is 0 Å². The molecule has 2 N–H and O–H groups in total. The van der Waals surface area contributed by atoms with Crippen molar-refractivity contribution in [3.05, 3.63) is 35.6 Å². The SMILES string of the molecule is CN(CCC(=O)O)C(=O)NCc1ccccc1F. The average Bonchev–Trinajstić information content (AvgIpc) is 2.34. The molecule has 0 saturated heterocycles. The minimum absolute atomic E-state index is 0.0723. The molecule has 0 saturated carbocycles. The van der Waals surface area contributed by atoms with Crippen LogP contribution in [0.25, 0.3) is 0 Å². The quantitative estimate of drug-likeness (QED) is 0.835. The molecule has 0 aliphatic heterocycles. The van der Waals surface area contributed by atoms with Crippen molar-refractivity contribution in [1.29, 1.82) is 0 Å². The predicted octanol–water partition coefficient (Wildman–Crippen LogP) is 1.44. The Morgan fingerprint density at radius 3 is 2.67 bits per heavy atom. The number of amides is 2. The standard InChI is InChI=1S/C12H15FN2O3/c1-15(7-6-11(16)17)12(18)14-8-9-4-2-3-5-10(9)13/h2-5H,6-8H2,1H3,(H,14,18)(H,16,17). The first-order chi connectivity index (χ1) is 8.50. The Bertz CT molecular complexity index is 437. The van der Waals surface area contributed by atoms with Gasteiger partial charge in [0, 0.05) is 25.7 Å². The molecule has 0 aromatic heterocycles. The lowest BCUT2D eigenvalue weighted by molar-refractivity contribution is -0.137. The molecule has 0 aliphatic carbocycles. The van der Waals surface area contributed by atoms with Gasteiger partial charge in [0.05, 0.1) is 6.42 Å². The summed E-state index contributed by atoms with van der Waals surface area (Å²) in [5, 5.41) is 11.0. The molecular weight excluding hydrogens is 239 g/mol. The smallest absolute Gasteiger partial charge is 0.317 e. The van der Waals surface area contributed by atoms with Gasteiger partial charge in [-0.3, -0.25) is 4.79 Å². The number of carbonyl (C=O) groups is 2. The van der Waals surface area contributed by atoms with Crippen LogP contribution in [0.15, 0.2) is 24.3 Å². The second-order valence-electron chi connectivity index (χ2n) is 3.82. The van der Waals surface area contributed by atoms with Gasteiger partial charge in [-0.05, 0) is 6.07 Å². The monoisotopic (exact) mass is 254 g/mol. The van der Waals surface area contributed by atoms with E-state index in [1.54, 1.807) is 18.2 Å². The number of nitrogens with zero attached hydrogens (tertiary/aromatic N) is 1. The minimum atomic E-state index is -0.969. The topological polar surface area (TPSA) is 69.6 Å². The van der Waals surface area contributed by atoms with E-state index in [0.29, 0.717) is 5.56 Å². The normalized spacial score (nSPS) is 9.89. The van der Waals surface area contributed by atoms with Crippen molar-refractivity contribution in [2.24, 2.45) is 0 Å². The van der Waals surface area contributed by atoms with E-state index < -0.39 is 12.0 Å². The molecule has 98 valence electrons. The molecule has 1 aromatic carbocycles. The summed E-state index contributed by atoms with van der Waals surface area (Å²) in [6.45, 7) is 0.182.